The molecule has 0 N–H and O–H groups in total. The summed E-state index contributed by atoms with van der Waals surface area (Å²) in [4.78, 5) is 4.92. The zero-order chi connectivity index (χ0) is 49.8. The Morgan fingerprint density at radius 2 is 0.480 bits per heavy atom. The monoisotopic (exact) mass is 1080 g/mol. The van der Waals surface area contributed by atoms with E-state index in [1.807, 2.05) is 0 Å². The molecule has 75 heavy (non-hydrogen) atoms. The Bertz CT molecular complexity index is 3580. The van der Waals surface area contributed by atoms with E-state index in [-0.39, 0.29) is 0 Å². The first-order chi connectivity index (χ1) is 37.2. The number of anilines is 6. The molecule has 0 unspecified atom stereocenters. The zero-order valence-corrected chi connectivity index (χ0v) is 45.2. The molecule has 0 atom stereocenters. The molecular weight excluding hydrogens is 1030 g/mol. The van der Waals surface area contributed by atoms with Crippen molar-refractivity contribution < 1.29 is 0 Å². The number of hydrogen-bond donors (Lipinski definition) is 0. The molecule has 0 bridgehead atoms. The summed E-state index contributed by atoms with van der Waals surface area (Å²) in [6.07, 6.45) is 0. The molecule has 0 saturated carbocycles. The van der Waals surface area contributed by atoms with Crippen LogP contribution in [0.15, 0.2) is 297 Å². The molecule has 1 aromatic heterocycles. The third-order valence-corrected chi connectivity index (χ3v) is 35.9. The van der Waals surface area contributed by atoms with Crippen molar-refractivity contribution in [2.75, 3.05) is 9.80 Å². The van der Waals surface area contributed by atoms with Crippen molar-refractivity contribution in [3.63, 3.8) is 0 Å². The van der Waals surface area contributed by atoms with E-state index in [4.69, 9.17) is 10.2 Å². The molecule has 0 amide bonds. The first kappa shape index (κ1) is 44.9. The predicted octanol–water partition coefficient (Wildman–Crippen LogP) is 10.9. The van der Waals surface area contributed by atoms with Crippen LogP contribution in [0.5, 0.6) is 0 Å². The van der Waals surface area contributed by atoms with E-state index in [1.165, 1.54) is 57.9 Å². The van der Waals surface area contributed by atoms with Crippen LogP contribution >= 0.6 is 0 Å². The molecule has 0 aliphatic carbocycles. The van der Waals surface area contributed by atoms with E-state index in [0.717, 1.165) is 39.8 Å². The normalized spacial score (nSPS) is 13.8. The molecule has 2 aliphatic heterocycles. The summed E-state index contributed by atoms with van der Waals surface area (Å²) in [5.41, 5.74) is 10.0. The van der Waals surface area contributed by atoms with Crippen LogP contribution in [0, 0.1) is 0 Å². The Labute approximate surface area is 443 Å². The van der Waals surface area contributed by atoms with Crippen LogP contribution in [0.4, 0.5) is 34.1 Å². The van der Waals surface area contributed by atoms with Gasteiger partial charge in [0.15, 0.2) is 0 Å². The predicted molar refractivity (Wildman–Crippen MR) is 316 cm³/mol. The molecule has 0 spiro atoms. The Hall–Kier alpha value is -8.75. The maximum atomic E-state index is 4.99. The summed E-state index contributed by atoms with van der Waals surface area (Å²) < 4.78 is 13.5. The number of benzene rings is 11. The van der Waals surface area contributed by atoms with E-state index < -0.39 is 26.5 Å². The molecule has 2 aliphatic rings. The molecule has 14 rings (SSSR count). The number of hydrogen-bond acceptors (Lipinski definition) is 4. The molecular formula is C68H49Ge2N5. The van der Waals surface area contributed by atoms with Gasteiger partial charge in [-0.1, -0.05) is 6.07 Å². The summed E-state index contributed by atoms with van der Waals surface area (Å²) in [6.45, 7) is 0. The van der Waals surface area contributed by atoms with Crippen LogP contribution in [0.3, 0.4) is 0 Å². The van der Waals surface area contributed by atoms with Crippen LogP contribution in [-0.2, 0) is 0 Å². The van der Waals surface area contributed by atoms with Gasteiger partial charge in [0.25, 0.3) is 0 Å². The first-order valence-corrected chi connectivity index (χ1v) is 34.1. The van der Waals surface area contributed by atoms with Gasteiger partial charge in [-0.05, 0) is 0 Å². The molecule has 11 aromatic carbocycles. The van der Waals surface area contributed by atoms with E-state index in [0.29, 0.717) is 0 Å². The molecule has 0 radical (unpaired) electrons. The standard InChI is InChI=1S/C68H49Ge2N5/c1-6-24-52(25-7-1)69(53-26-8-2-9-27-53)59-34-16-20-38-63(59)73(64-39-21-17-35-60(64)69)57-46-42-50(43-47-57)67-71-72-68(75(67)56-32-14-5-15-33-56)51-44-48-58(49-45-51)74-65-40-22-18-36-61(65)70(54-28-10-3-11-29-54,55-30-12-4-13-31-55)62-37-19-23-41-66(62)74/h1-49H. The van der Waals surface area contributed by atoms with Crippen molar-refractivity contribution in [1.29, 1.82) is 0 Å². The van der Waals surface area contributed by atoms with Crippen molar-refractivity contribution in [3.05, 3.63) is 297 Å². The third kappa shape index (κ3) is 7.06. The van der Waals surface area contributed by atoms with Gasteiger partial charge in [-0.15, -0.1) is 0 Å². The average Bonchev–Trinajstić information content (AvgIpc) is 3.96. The Morgan fingerprint density at radius 3 is 0.773 bits per heavy atom. The maximum absolute atomic E-state index is 4.99. The summed E-state index contributed by atoms with van der Waals surface area (Å²) in [7, 11) is 0. The molecule has 0 saturated heterocycles. The van der Waals surface area contributed by atoms with Crippen molar-refractivity contribution in [1.82, 2.24) is 14.8 Å². The number of nitrogens with zero attached hydrogens (tertiary/aromatic N) is 5. The second kappa shape index (κ2) is 18.6. The molecule has 0 fully saturated rings. The van der Waals surface area contributed by atoms with Crippen LogP contribution in [0.25, 0.3) is 28.5 Å². The quantitative estimate of drug-likeness (QED) is 0.135. The molecule has 12 aromatic rings. The minimum absolute atomic E-state index is 0.775. The van der Waals surface area contributed by atoms with E-state index in [1.54, 1.807) is 0 Å². The Balaban J connectivity index is 0.857. The molecule has 5 nitrogen and oxygen atoms in total. The number of para-hydroxylation sites is 5. The van der Waals surface area contributed by atoms with Crippen LogP contribution in [0.2, 0.25) is 0 Å². The molecule has 354 valence electrons. The first-order valence-electron chi connectivity index (χ1n) is 25.7. The molecule has 3 heterocycles. The average molecular weight is 1080 g/mol. The Kier molecular flexibility index (Phi) is 11.2. The number of fused-ring (bicyclic) bond motifs is 4. The van der Waals surface area contributed by atoms with Gasteiger partial charge in [0.1, 0.15) is 0 Å². The Morgan fingerprint density at radius 1 is 0.227 bits per heavy atom. The summed E-state index contributed by atoms with van der Waals surface area (Å²) >= 11 is -7.00. The summed E-state index contributed by atoms with van der Waals surface area (Å²) in [6, 6.07) is 110. The second-order valence-electron chi connectivity index (χ2n) is 19.3. The SMILES string of the molecule is c1ccc(-n2c(-c3ccc(N4c5cccc[c]5[Ge]([c]5ccccc5)([c]5ccccc5)[c]5ccccc54)cc3)nnc2-c2ccc(N3c4cccc[c]4[Ge]([c]4ccccc4)([c]4ccccc4)[c]4ccccc43)cc2)cc1. The molecule has 7 heteroatoms. The van der Waals surface area contributed by atoms with Crippen molar-refractivity contribution in [3.8, 4) is 28.5 Å². The van der Waals surface area contributed by atoms with Crippen molar-refractivity contribution in [2.45, 2.75) is 0 Å². The van der Waals surface area contributed by atoms with Gasteiger partial charge in [0.2, 0.25) is 0 Å². The fraction of sp³-hybridized carbons (Fsp3) is 0. The summed E-state index contributed by atoms with van der Waals surface area (Å²) in [5, 5.41) is 9.97. The summed E-state index contributed by atoms with van der Waals surface area (Å²) in [5.74, 6) is 1.55. The van der Waals surface area contributed by atoms with E-state index >= 15 is 0 Å². The van der Waals surface area contributed by atoms with Gasteiger partial charge in [-0.25, -0.2) is 0 Å². The second-order valence-corrected chi connectivity index (χ2v) is 35.0. The number of aromatic nitrogens is 3. The minimum atomic E-state index is -3.50. The van der Waals surface area contributed by atoms with Gasteiger partial charge in [-0.3, -0.25) is 0 Å². The van der Waals surface area contributed by atoms with Crippen LogP contribution in [-0.4, -0.2) is 41.3 Å². The van der Waals surface area contributed by atoms with E-state index in [9.17, 15) is 0 Å². The fourth-order valence-corrected chi connectivity index (χ4v) is 33.8. The van der Waals surface area contributed by atoms with Crippen molar-refractivity contribution >= 4 is 95.8 Å². The van der Waals surface area contributed by atoms with E-state index in [2.05, 4.69) is 312 Å². The number of rotatable bonds is 9. The van der Waals surface area contributed by atoms with Crippen molar-refractivity contribution in [2.24, 2.45) is 0 Å². The third-order valence-electron chi connectivity index (χ3n) is 15.5. The van der Waals surface area contributed by atoms with Crippen LogP contribution in [0.1, 0.15) is 0 Å². The fourth-order valence-electron chi connectivity index (χ4n) is 12.4. The van der Waals surface area contributed by atoms with Crippen LogP contribution < -0.4 is 45.0 Å². The van der Waals surface area contributed by atoms with Gasteiger partial charge >= 0.3 is 440 Å². The van der Waals surface area contributed by atoms with Gasteiger partial charge in [-0.2, -0.15) is 0 Å². The topological polar surface area (TPSA) is 37.2 Å². The zero-order valence-electron chi connectivity index (χ0n) is 41.0. The van der Waals surface area contributed by atoms with Gasteiger partial charge in [0.05, 0.1) is 0 Å². The van der Waals surface area contributed by atoms with Gasteiger partial charge in [0, 0.05) is 0 Å². The van der Waals surface area contributed by atoms with Gasteiger partial charge < -0.3 is 0 Å².